The molecule has 2 aliphatic rings. The second-order valence-electron chi connectivity index (χ2n) is 5.15. The van der Waals surface area contributed by atoms with Crippen molar-refractivity contribution in [2.45, 2.75) is 18.9 Å². The lowest BCUT2D eigenvalue weighted by molar-refractivity contribution is -0.152. The number of amides is 4. The molecule has 2 saturated heterocycles. The van der Waals surface area contributed by atoms with E-state index in [9.17, 15) is 19.2 Å². The van der Waals surface area contributed by atoms with Gasteiger partial charge in [0.05, 0.1) is 6.54 Å². The van der Waals surface area contributed by atoms with Crippen LogP contribution in [0.2, 0.25) is 0 Å². The van der Waals surface area contributed by atoms with E-state index in [-0.39, 0.29) is 37.4 Å². The SMILES string of the molecule is CN1CC(=O)N(CC(=O)N2CCCC2C(N)=O)CC1=O. The van der Waals surface area contributed by atoms with Crippen LogP contribution < -0.4 is 5.73 Å². The van der Waals surface area contributed by atoms with Crippen LogP contribution in [0, 0.1) is 0 Å². The molecule has 0 radical (unpaired) electrons. The zero-order chi connectivity index (χ0) is 14.9. The minimum Gasteiger partial charge on any atom is -0.368 e. The molecule has 0 bridgehead atoms. The van der Waals surface area contributed by atoms with Gasteiger partial charge in [-0.05, 0) is 12.8 Å². The Bertz CT molecular complexity index is 464. The second kappa shape index (κ2) is 5.48. The Hall–Kier alpha value is -2.12. The molecule has 8 heteroatoms. The molecule has 2 fully saturated rings. The Morgan fingerprint density at radius 1 is 1.25 bits per heavy atom. The number of likely N-dealkylation sites (N-methyl/N-ethyl adjacent to an activating group) is 1. The Morgan fingerprint density at radius 3 is 2.60 bits per heavy atom. The van der Waals surface area contributed by atoms with Crippen molar-refractivity contribution in [3.63, 3.8) is 0 Å². The predicted octanol–water partition coefficient (Wildman–Crippen LogP) is -2.24. The van der Waals surface area contributed by atoms with E-state index in [0.717, 1.165) is 6.42 Å². The number of carbonyl (C=O) groups excluding carboxylic acids is 4. The summed E-state index contributed by atoms with van der Waals surface area (Å²) in [6.07, 6.45) is 1.27. The minimum absolute atomic E-state index is 0.0225. The monoisotopic (exact) mass is 282 g/mol. The highest BCUT2D eigenvalue weighted by Crippen LogP contribution is 2.17. The van der Waals surface area contributed by atoms with Gasteiger partial charge >= 0.3 is 0 Å². The summed E-state index contributed by atoms with van der Waals surface area (Å²) >= 11 is 0. The molecule has 0 aromatic carbocycles. The third-order valence-corrected chi connectivity index (χ3v) is 3.70. The number of nitrogens with two attached hydrogens (primary N) is 1. The van der Waals surface area contributed by atoms with Gasteiger partial charge in [0.2, 0.25) is 23.6 Å². The Morgan fingerprint density at radius 2 is 1.95 bits per heavy atom. The highest BCUT2D eigenvalue weighted by atomic mass is 16.2. The number of likely N-dealkylation sites (tertiary alicyclic amines) is 1. The fourth-order valence-electron chi connectivity index (χ4n) is 2.52. The average Bonchev–Trinajstić information content (AvgIpc) is 2.85. The van der Waals surface area contributed by atoms with Gasteiger partial charge in [0.25, 0.3) is 0 Å². The largest absolute Gasteiger partial charge is 0.368 e. The maximum Gasteiger partial charge on any atom is 0.243 e. The van der Waals surface area contributed by atoms with E-state index >= 15 is 0 Å². The molecule has 0 aliphatic carbocycles. The maximum atomic E-state index is 12.2. The van der Waals surface area contributed by atoms with Gasteiger partial charge in [0.1, 0.15) is 19.1 Å². The van der Waals surface area contributed by atoms with Crippen LogP contribution in [-0.2, 0) is 19.2 Å². The van der Waals surface area contributed by atoms with Gasteiger partial charge in [-0.2, -0.15) is 0 Å². The number of hydrogen-bond donors (Lipinski definition) is 1. The van der Waals surface area contributed by atoms with Gasteiger partial charge in [-0.3, -0.25) is 19.2 Å². The number of nitrogens with zero attached hydrogens (tertiary/aromatic N) is 3. The lowest BCUT2D eigenvalue weighted by Gasteiger charge is -2.32. The molecule has 1 atom stereocenters. The topological polar surface area (TPSA) is 104 Å². The van der Waals surface area contributed by atoms with E-state index in [1.54, 1.807) is 7.05 Å². The van der Waals surface area contributed by atoms with Crippen LogP contribution in [0.4, 0.5) is 0 Å². The first-order chi connectivity index (χ1) is 9.40. The van der Waals surface area contributed by atoms with Gasteiger partial charge in [-0.1, -0.05) is 0 Å². The molecule has 20 heavy (non-hydrogen) atoms. The molecular formula is C12H18N4O4. The van der Waals surface area contributed by atoms with Crippen LogP contribution in [0.25, 0.3) is 0 Å². The average molecular weight is 282 g/mol. The van der Waals surface area contributed by atoms with Crippen LogP contribution in [0.3, 0.4) is 0 Å². The molecular weight excluding hydrogens is 264 g/mol. The molecule has 0 spiro atoms. The van der Waals surface area contributed by atoms with E-state index < -0.39 is 11.9 Å². The van der Waals surface area contributed by atoms with Crippen molar-refractivity contribution in [2.24, 2.45) is 5.73 Å². The lowest BCUT2D eigenvalue weighted by Crippen LogP contribution is -2.56. The third-order valence-electron chi connectivity index (χ3n) is 3.70. The summed E-state index contributed by atoms with van der Waals surface area (Å²) in [5.41, 5.74) is 5.25. The van der Waals surface area contributed by atoms with Gasteiger partial charge in [-0.25, -0.2) is 0 Å². The van der Waals surface area contributed by atoms with Crippen LogP contribution >= 0.6 is 0 Å². The lowest BCUT2D eigenvalue weighted by atomic mass is 10.2. The van der Waals surface area contributed by atoms with Crippen molar-refractivity contribution in [1.82, 2.24) is 14.7 Å². The Kier molecular flexibility index (Phi) is 3.91. The summed E-state index contributed by atoms with van der Waals surface area (Å²) in [5.74, 6) is -1.34. The fraction of sp³-hybridized carbons (Fsp3) is 0.667. The van der Waals surface area contributed by atoms with E-state index in [2.05, 4.69) is 0 Å². The summed E-state index contributed by atoms with van der Waals surface area (Å²) in [5, 5.41) is 0. The molecule has 8 nitrogen and oxygen atoms in total. The van der Waals surface area contributed by atoms with Crippen LogP contribution in [0.5, 0.6) is 0 Å². The van der Waals surface area contributed by atoms with Crippen LogP contribution in [0.15, 0.2) is 0 Å². The van der Waals surface area contributed by atoms with Crippen molar-refractivity contribution in [2.75, 3.05) is 33.2 Å². The van der Waals surface area contributed by atoms with Crippen LogP contribution in [0.1, 0.15) is 12.8 Å². The molecule has 0 aromatic rings. The molecule has 2 heterocycles. The Balaban J connectivity index is 1.99. The molecule has 2 N–H and O–H groups in total. The molecule has 0 saturated carbocycles. The van der Waals surface area contributed by atoms with E-state index in [1.165, 1.54) is 14.7 Å². The third kappa shape index (κ3) is 2.73. The molecule has 2 rings (SSSR count). The first kappa shape index (κ1) is 14.3. The zero-order valence-corrected chi connectivity index (χ0v) is 11.4. The molecule has 110 valence electrons. The molecule has 0 aromatic heterocycles. The summed E-state index contributed by atoms with van der Waals surface area (Å²) in [4.78, 5) is 50.7. The standard InChI is InChI=1S/C12H18N4O4/c1-14-5-10(18)15(6-9(14)17)7-11(19)16-4-2-3-8(16)12(13)20/h8H,2-7H2,1H3,(H2,13,20). The van der Waals surface area contributed by atoms with Gasteiger partial charge in [-0.15, -0.1) is 0 Å². The number of rotatable bonds is 3. The van der Waals surface area contributed by atoms with E-state index in [4.69, 9.17) is 5.73 Å². The highest BCUT2D eigenvalue weighted by molar-refractivity contribution is 5.95. The predicted molar refractivity (Wildman–Crippen MR) is 68.1 cm³/mol. The summed E-state index contributed by atoms with van der Waals surface area (Å²) in [7, 11) is 1.54. The second-order valence-corrected chi connectivity index (χ2v) is 5.15. The normalized spacial score (nSPS) is 23.4. The van der Waals surface area contributed by atoms with Crippen LogP contribution in [-0.4, -0.2) is 77.6 Å². The molecule has 4 amide bonds. The minimum atomic E-state index is -0.597. The smallest absolute Gasteiger partial charge is 0.243 e. The van der Waals surface area contributed by atoms with Crippen molar-refractivity contribution < 1.29 is 19.2 Å². The van der Waals surface area contributed by atoms with Gasteiger partial charge < -0.3 is 20.4 Å². The number of hydrogen-bond acceptors (Lipinski definition) is 4. The number of primary amides is 1. The zero-order valence-electron chi connectivity index (χ0n) is 11.4. The van der Waals surface area contributed by atoms with Crippen molar-refractivity contribution in [3.8, 4) is 0 Å². The first-order valence-electron chi connectivity index (χ1n) is 6.50. The highest BCUT2D eigenvalue weighted by Gasteiger charge is 2.35. The quantitative estimate of drug-likeness (QED) is 0.632. The van der Waals surface area contributed by atoms with Gasteiger partial charge in [0.15, 0.2) is 0 Å². The molecule has 2 aliphatic heterocycles. The first-order valence-corrected chi connectivity index (χ1v) is 6.50. The number of piperazine rings is 1. The fourth-order valence-corrected chi connectivity index (χ4v) is 2.52. The van der Waals surface area contributed by atoms with E-state index in [1.807, 2.05) is 0 Å². The molecule has 1 unspecified atom stereocenters. The summed E-state index contributed by atoms with van der Waals surface area (Å²) < 4.78 is 0. The number of carbonyl (C=O) groups is 4. The van der Waals surface area contributed by atoms with Crippen molar-refractivity contribution >= 4 is 23.6 Å². The van der Waals surface area contributed by atoms with Gasteiger partial charge in [0, 0.05) is 13.6 Å². The maximum absolute atomic E-state index is 12.2. The Labute approximate surface area is 116 Å². The van der Waals surface area contributed by atoms with Crippen molar-refractivity contribution in [1.29, 1.82) is 0 Å². The van der Waals surface area contributed by atoms with Crippen molar-refractivity contribution in [3.05, 3.63) is 0 Å². The summed E-state index contributed by atoms with van der Waals surface area (Å²) in [6, 6.07) is -0.597. The van der Waals surface area contributed by atoms with E-state index in [0.29, 0.717) is 13.0 Å². The summed E-state index contributed by atoms with van der Waals surface area (Å²) in [6.45, 7) is 0.159.